The summed E-state index contributed by atoms with van der Waals surface area (Å²) in [5, 5.41) is 0. The maximum absolute atomic E-state index is 6.03. The van der Waals surface area contributed by atoms with Crippen LogP contribution >= 0.6 is 0 Å². The van der Waals surface area contributed by atoms with Gasteiger partial charge in [0.2, 0.25) is 0 Å². The van der Waals surface area contributed by atoms with Crippen molar-refractivity contribution in [1.82, 2.24) is 0 Å². The lowest BCUT2D eigenvalue weighted by atomic mass is 10.1. The van der Waals surface area contributed by atoms with Gasteiger partial charge in [0.15, 0.2) is 0 Å². The fourth-order valence-corrected chi connectivity index (χ4v) is 3.10. The Labute approximate surface area is 176 Å². The molecule has 0 aromatic rings. The minimum absolute atomic E-state index is 0.688. The molecule has 0 spiro atoms. The fourth-order valence-electron chi connectivity index (χ4n) is 3.10. The number of hydrogen-bond donors (Lipinski definition) is 0. The lowest BCUT2D eigenvalue weighted by Gasteiger charge is -2.33. The van der Waals surface area contributed by atoms with Gasteiger partial charge in [-0.15, -0.1) is 0 Å². The van der Waals surface area contributed by atoms with Crippen LogP contribution in [0.2, 0.25) is 0 Å². The van der Waals surface area contributed by atoms with Gasteiger partial charge in [0.25, 0.3) is 5.97 Å². The molecule has 0 aliphatic rings. The molecule has 170 valence electrons. The molecule has 0 saturated carbocycles. The molecule has 28 heavy (non-hydrogen) atoms. The summed E-state index contributed by atoms with van der Waals surface area (Å²) in [5.74, 6) is -0.822. The van der Waals surface area contributed by atoms with E-state index in [1.54, 1.807) is 0 Å². The van der Waals surface area contributed by atoms with E-state index in [4.69, 9.17) is 18.9 Å². The first kappa shape index (κ1) is 27.8. The monoisotopic (exact) mass is 402 g/mol. The summed E-state index contributed by atoms with van der Waals surface area (Å²) in [6.45, 7) is 12.5. The highest BCUT2D eigenvalue weighted by Crippen LogP contribution is 2.25. The van der Waals surface area contributed by atoms with Crippen molar-refractivity contribution in [2.75, 3.05) is 33.0 Å². The van der Waals surface area contributed by atoms with Gasteiger partial charge >= 0.3 is 0 Å². The zero-order valence-electron chi connectivity index (χ0n) is 19.6. The molecule has 0 rings (SSSR count). The topological polar surface area (TPSA) is 36.9 Å². The highest BCUT2D eigenvalue weighted by molar-refractivity contribution is 4.60. The normalized spacial score (nSPS) is 12.0. The van der Waals surface area contributed by atoms with Crippen molar-refractivity contribution in [1.29, 1.82) is 0 Å². The molecular formula is C24H50O4. The van der Waals surface area contributed by atoms with Crippen molar-refractivity contribution >= 4 is 0 Å². The molecule has 0 aliphatic heterocycles. The zero-order chi connectivity index (χ0) is 20.8. The van der Waals surface area contributed by atoms with Gasteiger partial charge in [0.1, 0.15) is 0 Å². The third-order valence-electron chi connectivity index (χ3n) is 4.74. The molecule has 0 fully saturated rings. The van der Waals surface area contributed by atoms with E-state index in [2.05, 4.69) is 27.7 Å². The lowest BCUT2D eigenvalue weighted by molar-refractivity contribution is -0.383. The molecule has 0 aromatic carbocycles. The first-order valence-corrected chi connectivity index (χ1v) is 12.2. The Hall–Kier alpha value is -0.160. The summed E-state index contributed by atoms with van der Waals surface area (Å²) < 4.78 is 23.8. The average molecular weight is 403 g/mol. The third kappa shape index (κ3) is 16.8. The van der Waals surface area contributed by atoms with Gasteiger partial charge in [-0.2, -0.15) is 0 Å². The van der Waals surface area contributed by atoms with Crippen LogP contribution in [0.3, 0.4) is 0 Å². The van der Waals surface area contributed by atoms with Crippen LogP contribution in [0.15, 0.2) is 0 Å². The molecule has 0 heterocycles. The summed E-state index contributed by atoms with van der Waals surface area (Å²) in [6.07, 6.45) is 16.3. The van der Waals surface area contributed by atoms with E-state index in [1.165, 1.54) is 57.8 Å². The first-order chi connectivity index (χ1) is 13.7. The molecule has 0 amide bonds. The number of hydrogen-bond acceptors (Lipinski definition) is 4. The molecule has 0 aliphatic carbocycles. The van der Waals surface area contributed by atoms with Crippen molar-refractivity contribution in [3.63, 3.8) is 0 Å². The quantitative estimate of drug-likeness (QED) is 0.133. The Bertz CT molecular complexity index is 275. The van der Waals surface area contributed by atoms with Gasteiger partial charge in [0.05, 0.1) is 19.8 Å². The van der Waals surface area contributed by atoms with Crippen LogP contribution in [-0.2, 0) is 18.9 Å². The molecule has 0 atom stereocenters. The van der Waals surface area contributed by atoms with Crippen molar-refractivity contribution in [3.8, 4) is 0 Å². The van der Waals surface area contributed by atoms with E-state index < -0.39 is 5.97 Å². The SMILES string of the molecule is CCCCCOCCCCCCCCCC(OCCC)(OCCC)OCCC. The Kier molecular flexibility index (Phi) is 21.4. The van der Waals surface area contributed by atoms with Crippen LogP contribution in [0.25, 0.3) is 0 Å². The summed E-state index contributed by atoms with van der Waals surface area (Å²) in [7, 11) is 0. The van der Waals surface area contributed by atoms with Crippen molar-refractivity contribution in [3.05, 3.63) is 0 Å². The number of ether oxygens (including phenoxy) is 4. The van der Waals surface area contributed by atoms with Gasteiger partial charge in [-0.3, -0.25) is 0 Å². The predicted octanol–water partition coefficient (Wildman–Crippen LogP) is 7.25. The zero-order valence-corrected chi connectivity index (χ0v) is 19.6. The van der Waals surface area contributed by atoms with E-state index in [0.29, 0.717) is 19.8 Å². The average Bonchev–Trinajstić information content (AvgIpc) is 2.72. The largest absolute Gasteiger partial charge is 0.381 e. The Morgan fingerprint density at radius 1 is 0.429 bits per heavy atom. The molecule has 0 saturated heterocycles. The highest BCUT2D eigenvalue weighted by atomic mass is 16.9. The van der Waals surface area contributed by atoms with Crippen molar-refractivity contribution < 1.29 is 18.9 Å². The molecule has 4 heteroatoms. The maximum Gasteiger partial charge on any atom is 0.282 e. The van der Waals surface area contributed by atoms with E-state index in [-0.39, 0.29) is 0 Å². The number of unbranched alkanes of at least 4 members (excludes halogenated alkanes) is 8. The van der Waals surface area contributed by atoms with Crippen LogP contribution in [0.4, 0.5) is 0 Å². The minimum Gasteiger partial charge on any atom is -0.381 e. The summed E-state index contributed by atoms with van der Waals surface area (Å²) in [6, 6.07) is 0. The second-order valence-electron chi connectivity index (χ2n) is 7.77. The molecule has 0 bridgehead atoms. The van der Waals surface area contributed by atoms with Gasteiger partial charge in [-0.25, -0.2) is 0 Å². The van der Waals surface area contributed by atoms with Crippen LogP contribution in [-0.4, -0.2) is 39.0 Å². The van der Waals surface area contributed by atoms with Crippen LogP contribution < -0.4 is 0 Å². The first-order valence-electron chi connectivity index (χ1n) is 12.2. The molecule has 0 N–H and O–H groups in total. The van der Waals surface area contributed by atoms with Crippen molar-refractivity contribution in [2.24, 2.45) is 0 Å². The molecule has 0 aromatic heterocycles. The molecule has 4 nitrogen and oxygen atoms in total. The standard InChI is InChI=1S/C24H50O4/c1-5-9-16-22-25-23-17-14-12-10-11-13-15-18-24(26-19-6-2,27-20-7-3)28-21-8-4/h5-23H2,1-4H3. The highest BCUT2D eigenvalue weighted by Gasteiger charge is 2.32. The Morgan fingerprint density at radius 3 is 1.32 bits per heavy atom. The van der Waals surface area contributed by atoms with Crippen LogP contribution in [0, 0.1) is 0 Å². The van der Waals surface area contributed by atoms with Gasteiger partial charge in [-0.1, -0.05) is 72.6 Å². The van der Waals surface area contributed by atoms with Crippen molar-refractivity contribution in [2.45, 2.75) is 124 Å². The minimum atomic E-state index is -0.822. The summed E-state index contributed by atoms with van der Waals surface area (Å²) in [4.78, 5) is 0. The van der Waals surface area contributed by atoms with E-state index in [9.17, 15) is 0 Å². The van der Waals surface area contributed by atoms with Gasteiger partial charge in [0, 0.05) is 19.6 Å². The Balaban J connectivity index is 3.84. The van der Waals surface area contributed by atoms with E-state index in [1.807, 2.05) is 0 Å². The summed E-state index contributed by atoms with van der Waals surface area (Å²) >= 11 is 0. The molecule has 0 unspecified atom stereocenters. The van der Waals surface area contributed by atoms with Crippen LogP contribution in [0.1, 0.15) is 118 Å². The van der Waals surface area contributed by atoms with E-state index in [0.717, 1.165) is 45.3 Å². The van der Waals surface area contributed by atoms with Crippen LogP contribution in [0.5, 0.6) is 0 Å². The van der Waals surface area contributed by atoms with E-state index >= 15 is 0 Å². The fraction of sp³-hybridized carbons (Fsp3) is 1.00. The Morgan fingerprint density at radius 2 is 0.857 bits per heavy atom. The lowest BCUT2D eigenvalue weighted by Crippen LogP contribution is -2.40. The smallest absolute Gasteiger partial charge is 0.282 e. The second-order valence-corrected chi connectivity index (χ2v) is 7.77. The van der Waals surface area contributed by atoms with Gasteiger partial charge in [-0.05, 0) is 38.5 Å². The third-order valence-corrected chi connectivity index (χ3v) is 4.74. The molecular weight excluding hydrogens is 352 g/mol. The summed E-state index contributed by atoms with van der Waals surface area (Å²) in [5.41, 5.74) is 0. The number of rotatable bonds is 23. The van der Waals surface area contributed by atoms with Gasteiger partial charge < -0.3 is 18.9 Å². The molecule has 0 radical (unpaired) electrons. The second kappa shape index (κ2) is 21.5. The predicted molar refractivity (Wildman–Crippen MR) is 119 cm³/mol. The maximum atomic E-state index is 6.03.